The Labute approximate surface area is 239 Å². The first-order chi connectivity index (χ1) is 20.0. The molecule has 2 aromatic carbocycles. The van der Waals surface area contributed by atoms with Crippen molar-refractivity contribution in [2.75, 3.05) is 69.7 Å². The molecule has 13 heteroatoms. The molecule has 2 saturated heterocycles. The van der Waals surface area contributed by atoms with Crippen LogP contribution in [0.5, 0.6) is 0 Å². The number of benzene rings is 2. The van der Waals surface area contributed by atoms with E-state index in [9.17, 15) is 22.8 Å². The van der Waals surface area contributed by atoms with E-state index < -0.39 is 41.1 Å². The molecular weight excluding hydrogens is 561 g/mol. The van der Waals surface area contributed by atoms with Crippen LogP contribution in [-0.2, 0) is 20.9 Å². The van der Waals surface area contributed by atoms with Gasteiger partial charge in [-0.3, -0.25) is 14.5 Å². The summed E-state index contributed by atoms with van der Waals surface area (Å²) in [4.78, 5) is 34.1. The number of dihydropyridines is 1. The Hall–Kier alpha value is -3.68. The number of hydrogen-bond donors (Lipinski definition) is 1. The lowest BCUT2D eigenvalue weighted by atomic mass is 9.95. The second-order valence-corrected chi connectivity index (χ2v) is 10.5. The number of rotatable bonds is 6. The van der Waals surface area contributed by atoms with Gasteiger partial charge in [0, 0.05) is 69.2 Å². The molecule has 0 aromatic heterocycles. The smallest absolute Gasteiger partial charge is 0.379 e. The van der Waals surface area contributed by atoms with E-state index in [-0.39, 0.29) is 28.6 Å². The summed E-state index contributed by atoms with van der Waals surface area (Å²) in [5, 5.41) is 2.33. The van der Waals surface area contributed by atoms with E-state index in [1.807, 2.05) is 11.9 Å². The number of piperazine rings is 1. The van der Waals surface area contributed by atoms with Crippen molar-refractivity contribution >= 4 is 29.4 Å². The molecule has 0 radical (unpaired) electrons. The minimum absolute atomic E-state index is 0.0422. The average Bonchev–Trinajstić information content (AvgIpc) is 2.96. The summed E-state index contributed by atoms with van der Waals surface area (Å²) in [6, 6.07) is 7.34. The summed E-state index contributed by atoms with van der Waals surface area (Å²) >= 11 is 0. The summed E-state index contributed by atoms with van der Waals surface area (Å²) in [7, 11) is 1.92. The maximum atomic E-state index is 16.4. The molecule has 1 unspecified atom stereocenters. The molecule has 3 aliphatic heterocycles. The first kappa shape index (κ1) is 29.8. The Bertz CT molecular complexity index is 1410. The number of aliphatic imine (C=N–C) groups is 1. The van der Waals surface area contributed by atoms with Gasteiger partial charge in [-0.05, 0) is 36.9 Å². The molecule has 2 fully saturated rings. The van der Waals surface area contributed by atoms with Gasteiger partial charge in [-0.15, -0.1) is 0 Å². The van der Waals surface area contributed by atoms with Crippen molar-refractivity contribution in [1.29, 1.82) is 0 Å². The van der Waals surface area contributed by atoms with Crippen LogP contribution in [0, 0.1) is 17.6 Å². The first-order valence-corrected chi connectivity index (χ1v) is 13.5. The van der Waals surface area contributed by atoms with Crippen molar-refractivity contribution in [3.63, 3.8) is 0 Å². The highest BCUT2D eigenvalue weighted by Gasteiger charge is 2.43. The monoisotopic (exact) mass is 591 g/mol. The van der Waals surface area contributed by atoms with Crippen molar-refractivity contribution < 1.29 is 36.3 Å². The largest absolute Gasteiger partial charge is 0.414 e. The third-order valence-electron chi connectivity index (χ3n) is 7.62. The predicted octanol–water partition coefficient (Wildman–Crippen LogP) is 3.87. The summed E-state index contributed by atoms with van der Waals surface area (Å²) in [5.74, 6) is -6.01. The number of likely N-dealkylation sites (N-methyl/N-ethyl adjacent to an activating group) is 1. The number of nitrogens with zero attached hydrogens (tertiary/aromatic N) is 4. The number of nitrogens with one attached hydrogen (secondary N) is 1. The normalized spacial score (nSPS) is 20.5. The minimum atomic E-state index is -4.99. The van der Waals surface area contributed by atoms with Crippen molar-refractivity contribution in [3.05, 3.63) is 59.2 Å². The molecule has 0 bridgehead atoms. The fraction of sp³-hybridized carbons (Fsp3) is 0.414. The number of amides is 2. The zero-order chi connectivity index (χ0) is 30.0. The number of morpholine rings is 1. The summed E-state index contributed by atoms with van der Waals surface area (Å²) in [6.07, 6.45) is -4.13. The van der Waals surface area contributed by atoms with E-state index in [2.05, 4.69) is 20.1 Å². The predicted molar refractivity (Wildman–Crippen MR) is 147 cm³/mol. The lowest BCUT2D eigenvalue weighted by Crippen LogP contribution is -2.45. The van der Waals surface area contributed by atoms with Gasteiger partial charge >= 0.3 is 6.18 Å². The second-order valence-electron chi connectivity index (χ2n) is 10.5. The average molecular weight is 592 g/mol. The van der Waals surface area contributed by atoms with Crippen LogP contribution in [-0.4, -0.2) is 93.5 Å². The minimum Gasteiger partial charge on any atom is -0.379 e. The highest BCUT2D eigenvalue weighted by molar-refractivity contribution is 6.11. The summed E-state index contributed by atoms with van der Waals surface area (Å²) in [6.45, 7) is 5.23. The second kappa shape index (κ2) is 12.3. The molecule has 3 aliphatic rings. The van der Waals surface area contributed by atoms with Crippen molar-refractivity contribution in [3.8, 4) is 11.1 Å². The Morgan fingerprint density at radius 1 is 1.02 bits per heavy atom. The van der Waals surface area contributed by atoms with E-state index >= 15 is 8.78 Å². The van der Waals surface area contributed by atoms with E-state index in [4.69, 9.17) is 4.74 Å². The third kappa shape index (κ3) is 6.53. The third-order valence-corrected chi connectivity index (χ3v) is 7.62. The van der Waals surface area contributed by atoms with E-state index in [0.717, 1.165) is 5.56 Å². The Morgan fingerprint density at radius 3 is 2.43 bits per heavy atom. The maximum Gasteiger partial charge on any atom is 0.414 e. The number of carbonyl (C=O) groups is 2. The van der Waals surface area contributed by atoms with Gasteiger partial charge in [0.25, 0.3) is 5.91 Å². The number of alkyl halides is 3. The molecule has 1 N–H and O–H groups in total. The van der Waals surface area contributed by atoms with E-state index in [1.54, 1.807) is 6.07 Å². The lowest BCUT2D eigenvalue weighted by molar-refractivity contribution is -0.124. The van der Waals surface area contributed by atoms with Gasteiger partial charge in [-0.25, -0.2) is 13.8 Å². The Kier molecular flexibility index (Phi) is 8.71. The van der Waals surface area contributed by atoms with Crippen LogP contribution in [0.15, 0.2) is 47.0 Å². The Balaban J connectivity index is 1.52. The van der Waals surface area contributed by atoms with Gasteiger partial charge in [0.05, 0.1) is 24.5 Å². The van der Waals surface area contributed by atoms with Crippen LogP contribution >= 0.6 is 0 Å². The standard InChI is InChI=1S/C29H30F5N5O3/c1-37-6-8-39(9-7-37)24-5-3-19(20-14-18(2-4-23(20)30)17-38-10-12-42-13-11-38)26(31)27(24)36-28(41)21-16-35-25(40)15-22(21)29(32,33)34/h2-5,14-16,21H,6-13,17H2,1H3,(H,36,41). The molecule has 2 aromatic rings. The van der Waals surface area contributed by atoms with Crippen LogP contribution in [0.1, 0.15) is 5.56 Å². The van der Waals surface area contributed by atoms with Crippen LogP contribution in [0.2, 0.25) is 0 Å². The van der Waals surface area contributed by atoms with Crippen molar-refractivity contribution in [1.82, 2.24) is 9.80 Å². The van der Waals surface area contributed by atoms with Crippen molar-refractivity contribution in [2.45, 2.75) is 12.7 Å². The number of carbonyl (C=O) groups excluding carboxylic acids is 2. The molecule has 0 aliphatic carbocycles. The van der Waals surface area contributed by atoms with Crippen LogP contribution in [0.3, 0.4) is 0 Å². The lowest BCUT2D eigenvalue weighted by Gasteiger charge is -2.35. The van der Waals surface area contributed by atoms with Gasteiger partial charge in [0.15, 0.2) is 5.82 Å². The molecule has 5 rings (SSSR count). The zero-order valence-corrected chi connectivity index (χ0v) is 22.9. The number of anilines is 2. The number of hydrogen-bond acceptors (Lipinski definition) is 6. The van der Waals surface area contributed by atoms with Gasteiger partial charge in [0.2, 0.25) is 5.91 Å². The summed E-state index contributed by atoms with van der Waals surface area (Å²) < 4.78 is 77.9. The molecule has 3 heterocycles. The zero-order valence-electron chi connectivity index (χ0n) is 22.9. The quantitative estimate of drug-likeness (QED) is 0.515. The number of ether oxygens (including phenoxy) is 1. The van der Waals surface area contributed by atoms with Crippen LogP contribution in [0.25, 0.3) is 11.1 Å². The van der Waals surface area contributed by atoms with Gasteiger partial charge < -0.3 is 19.9 Å². The van der Waals surface area contributed by atoms with E-state index in [1.165, 1.54) is 24.3 Å². The number of halogens is 5. The highest BCUT2D eigenvalue weighted by Crippen LogP contribution is 2.39. The van der Waals surface area contributed by atoms with Crippen LogP contribution in [0.4, 0.5) is 33.3 Å². The highest BCUT2D eigenvalue weighted by atomic mass is 19.4. The molecular formula is C29H30F5N5O3. The van der Waals surface area contributed by atoms with E-state index in [0.29, 0.717) is 65.2 Å². The maximum absolute atomic E-state index is 16.4. The molecule has 8 nitrogen and oxygen atoms in total. The molecule has 42 heavy (non-hydrogen) atoms. The fourth-order valence-electron chi connectivity index (χ4n) is 5.25. The topological polar surface area (TPSA) is 77.5 Å². The molecule has 0 saturated carbocycles. The van der Waals surface area contributed by atoms with Gasteiger partial charge in [0.1, 0.15) is 17.4 Å². The molecule has 224 valence electrons. The first-order valence-electron chi connectivity index (χ1n) is 13.5. The fourth-order valence-corrected chi connectivity index (χ4v) is 5.25. The molecule has 0 spiro atoms. The van der Waals surface area contributed by atoms with Crippen LogP contribution < -0.4 is 10.2 Å². The Morgan fingerprint density at radius 2 is 1.74 bits per heavy atom. The van der Waals surface area contributed by atoms with Crippen molar-refractivity contribution in [2.24, 2.45) is 10.9 Å². The SMILES string of the molecule is CN1CCN(c2ccc(-c3cc(CN4CCOCC4)ccc3F)c(F)c2NC(=O)C2C=NC(=O)C=C2C(F)(F)F)CC1. The summed E-state index contributed by atoms with van der Waals surface area (Å²) in [5.41, 5.74) is -0.970. The van der Waals surface area contributed by atoms with Gasteiger partial charge in [-0.2, -0.15) is 13.2 Å². The molecule has 1 atom stereocenters. The molecule has 2 amide bonds. The van der Waals surface area contributed by atoms with Gasteiger partial charge in [-0.1, -0.05) is 6.07 Å².